The second-order valence-electron chi connectivity index (χ2n) is 2.23. The van der Waals surface area contributed by atoms with Crippen LogP contribution in [0.1, 0.15) is 13.8 Å². The summed E-state index contributed by atoms with van der Waals surface area (Å²) in [4.78, 5) is 2.60. The van der Waals surface area contributed by atoms with E-state index in [4.69, 9.17) is 20.1 Å². The lowest BCUT2D eigenvalue weighted by molar-refractivity contribution is -0.153. The number of hydrogen-bond acceptors (Lipinski definition) is 4. The second-order valence-corrected chi connectivity index (χ2v) is 2.23. The summed E-state index contributed by atoms with van der Waals surface area (Å²) in [5.41, 5.74) is 8.19. The molecule has 0 aromatic heterocycles. The van der Waals surface area contributed by atoms with Crippen molar-refractivity contribution < 1.29 is 14.6 Å². The predicted octanol–water partition coefficient (Wildman–Crippen LogP) is 1.06. The van der Waals surface area contributed by atoms with Gasteiger partial charge in [-0.25, -0.2) is 0 Å². The molecule has 1 unspecified atom stereocenters. The van der Waals surface area contributed by atoms with E-state index in [-0.39, 0.29) is 6.61 Å². The molecular weight excluding hydrogens is 174 g/mol. The van der Waals surface area contributed by atoms with Gasteiger partial charge in [0.05, 0.1) is 6.61 Å². The maximum absolute atomic E-state index is 8.86. The van der Waals surface area contributed by atoms with Gasteiger partial charge in [-0.3, -0.25) is 0 Å². The first-order valence-electron chi connectivity index (χ1n) is 4.18. The number of aliphatic hydroxyl groups is 1. The van der Waals surface area contributed by atoms with Crippen LogP contribution in [0.2, 0.25) is 0 Å². The van der Waals surface area contributed by atoms with E-state index < -0.39 is 12.3 Å². The number of hydrogen-bond donors (Lipinski definition) is 1. The van der Waals surface area contributed by atoms with E-state index in [0.717, 1.165) is 0 Å². The molecule has 0 saturated carbocycles. The van der Waals surface area contributed by atoms with Crippen LogP contribution in [0, 0.1) is 0 Å². The van der Waals surface area contributed by atoms with Gasteiger partial charge in [0, 0.05) is 18.1 Å². The Labute approximate surface area is 77.1 Å². The van der Waals surface area contributed by atoms with E-state index in [0.29, 0.717) is 13.2 Å². The SMILES string of the molecule is CCOC(OCC)C(CO)N=[N+]=[N-]. The Hall–Kier alpha value is -0.810. The van der Waals surface area contributed by atoms with Crippen LogP contribution in [0.15, 0.2) is 5.11 Å². The Morgan fingerprint density at radius 3 is 2.23 bits per heavy atom. The molecule has 0 saturated heterocycles. The van der Waals surface area contributed by atoms with Crippen LogP contribution in [0.3, 0.4) is 0 Å². The van der Waals surface area contributed by atoms with Crippen LogP contribution in [-0.4, -0.2) is 37.3 Å². The van der Waals surface area contributed by atoms with Gasteiger partial charge in [0.1, 0.15) is 6.04 Å². The van der Waals surface area contributed by atoms with Crippen molar-refractivity contribution in [2.75, 3.05) is 19.8 Å². The fourth-order valence-electron chi connectivity index (χ4n) is 0.842. The van der Waals surface area contributed by atoms with E-state index in [1.807, 2.05) is 0 Å². The molecule has 0 aliphatic heterocycles. The molecule has 1 atom stereocenters. The molecule has 76 valence electrons. The number of rotatable bonds is 7. The highest BCUT2D eigenvalue weighted by molar-refractivity contribution is 4.69. The Morgan fingerprint density at radius 1 is 1.38 bits per heavy atom. The van der Waals surface area contributed by atoms with Crippen molar-refractivity contribution in [3.8, 4) is 0 Å². The van der Waals surface area contributed by atoms with E-state index >= 15 is 0 Å². The van der Waals surface area contributed by atoms with Crippen LogP contribution < -0.4 is 0 Å². The molecule has 0 bridgehead atoms. The maximum Gasteiger partial charge on any atom is 0.168 e. The molecule has 0 radical (unpaired) electrons. The number of aliphatic hydroxyl groups excluding tert-OH is 1. The molecule has 0 aliphatic carbocycles. The molecule has 0 heterocycles. The van der Waals surface area contributed by atoms with Gasteiger partial charge in [-0.2, -0.15) is 0 Å². The molecule has 0 fully saturated rings. The largest absolute Gasteiger partial charge is 0.396 e. The summed E-state index contributed by atoms with van der Waals surface area (Å²) in [5, 5.41) is 12.2. The summed E-state index contributed by atoms with van der Waals surface area (Å²) >= 11 is 0. The topological polar surface area (TPSA) is 87.5 Å². The van der Waals surface area contributed by atoms with E-state index in [2.05, 4.69) is 10.0 Å². The van der Waals surface area contributed by atoms with E-state index in [9.17, 15) is 0 Å². The minimum atomic E-state index is -0.676. The van der Waals surface area contributed by atoms with Gasteiger partial charge < -0.3 is 14.6 Å². The summed E-state index contributed by atoms with van der Waals surface area (Å²) in [7, 11) is 0. The average molecular weight is 189 g/mol. The Balaban J connectivity index is 4.18. The van der Waals surface area contributed by atoms with Gasteiger partial charge >= 0.3 is 0 Å². The van der Waals surface area contributed by atoms with Gasteiger partial charge in [0.2, 0.25) is 0 Å². The lowest BCUT2D eigenvalue weighted by atomic mass is 10.3. The zero-order chi connectivity index (χ0) is 10.1. The third-order valence-electron chi connectivity index (χ3n) is 1.36. The molecule has 13 heavy (non-hydrogen) atoms. The first-order chi connectivity index (χ1) is 6.29. The van der Waals surface area contributed by atoms with Crippen molar-refractivity contribution in [2.24, 2.45) is 5.11 Å². The van der Waals surface area contributed by atoms with Crippen LogP contribution in [0.4, 0.5) is 0 Å². The molecule has 1 N–H and O–H groups in total. The first kappa shape index (κ1) is 12.2. The van der Waals surface area contributed by atoms with Gasteiger partial charge in [-0.05, 0) is 19.4 Å². The summed E-state index contributed by atoms with van der Waals surface area (Å²) in [6.07, 6.45) is -0.657. The molecule has 0 aromatic rings. The molecule has 0 aliphatic rings. The molecular formula is C7H15N3O3. The third-order valence-corrected chi connectivity index (χ3v) is 1.36. The van der Waals surface area contributed by atoms with Gasteiger partial charge in [-0.15, -0.1) is 0 Å². The Bertz CT molecular complexity index is 164. The summed E-state index contributed by atoms with van der Waals surface area (Å²) in [5.74, 6) is 0. The quantitative estimate of drug-likeness (QED) is 0.281. The standard InChI is InChI=1S/C7H15N3O3/c1-3-12-7(13-4-2)6(5-11)9-10-8/h6-7,11H,3-5H2,1-2H3. The molecule has 0 amide bonds. The number of nitrogens with zero attached hydrogens (tertiary/aromatic N) is 3. The fraction of sp³-hybridized carbons (Fsp3) is 1.00. The first-order valence-corrected chi connectivity index (χ1v) is 4.18. The smallest absolute Gasteiger partial charge is 0.168 e. The molecule has 0 rings (SSSR count). The zero-order valence-electron chi connectivity index (χ0n) is 7.88. The average Bonchev–Trinajstić information content (AvgIpc) is 2.14. The fourth-order valence-corrected chi connectivity index (χ4v) is 0.842. The Kier molecular flexibility index (Phi) is 7.33. The number of ether oxygens (including phenoxy) is 2. The number of azide groups is 1. The van der Waals surface area contributed by atoms with Crippen LogP contribution in [0.5, 0.6) is 0 Å². The highest BCUT2D eigenvalue weighted by Gasteiger charge is 2.19. The van der Waals surface area contributed by atoms with Crippen LogP contribution >= 0.6 is 0 Å². The van der Waals surface area contributed by atoms with Crippen molar-refractivity contribution in [3.63, 3.8) is 0 Å². The second kappa shape index (κ2) is 7.82. The van der Waals surface area contributed by atoms with Crippen LogP contribution in [-0.2, 0) is 9.47 Å². The maximum atomic E-state index is 8.86. The van der Waals surface area contributed by atoms with Crippen LogP contribution in [0.25, 0.3) is 10.4 Å². The normalized spacial score (nSPS) is 12.6. The minimum absolute atomic E-state index is 0.283. The molecule has 0 spiro atoms. The Morgan fingerprint density at radius 2 is 1.92 bits per heavy atom. The summed E-state index contributed by atoms with van der Waals surface area (Å²) in [6.45, 7) is 4.21. The molecule has 6 nitrogen and oxygen atoms in total. The highest BCUT2D eigenvalue weighted by Crippen LogP contribution is 2.05. The van der Waals surface area contributed by atoms with Crippen molar-refractivity contribution in [1.82, 2.24) is 0 Å². The molecule has 6 heteroatoms. The van der Waals surface area contributed by atoms with Crippen molar-refractivity contribution in [2.45, 2.75) is 26.2 Å². The third kappa shape index (κ3) is 4.69. The minimum Gasteiger partial charge on any atom is -0.396 e. The van der Waals surface area contributed by atoms with E-state index in [1.165, 1.54) is 0 Å². The van der Waals surface area contributed by atoms with Gasteiger partial charge in [-0.1, -0.05) is 5.11 Å². The molecule has 0 aromatic carbocycles. The zero-order valence-corrected chi connectivity index (χ0v) is 7.88. The lowest BCUT2D eigenvalue weighted by Crippen LogP contribution is -2.33. The predicted molar refractivity (Wildman–Crippen MR) is 47.1 cm³/mol. The van der Waals surface area contributed by atoms with Crippen molar-refractivity contribution in [1.29, 1.82) is 0 Å². The van der Waals surface area contributed by atoms with E-state index in [1.54, 1.807) is 13.8 Å². The summed E-state index contributed by atoms with van der Waals surface area (Å²) in [6, 6.07) is -0.676. The highest BCUT2D eigenvalue weighted by atomic mass is 16.7. The van der Waals surface area contributed by atoms with Crippen molar-refractivity contribution in [3.05, 3.63) is 10.4 Å². The van der Waals surface area contributed by atoms with Gasteiger partial charge in [0.25, 0.3) is 0 Å². The van der Waals surface area contributed by atoms with Crippen molar-refractivity contribution >= 4 is 0 Å². The monoisotopic (exact) mass is 189 g/mol. The lowest BCUT2D eigenvalue weighted by Gasteiger charge is -2.21. The summed E-state index contributed by atoms with van der Waals surface area (Å²) < 4.78 is 10.3. The van der Waals surface area contributed by atoms with Gasteiger partial charge in [0.15, 0.2) is 6.29 Å².